The molecular weight excluding hydrogens is 513 g/mol. The molecule has 1 rings (SSSR count). The zero-order valence-electron chi connectivity index (χ0n) is 25.5. The molecule has 1 aromatic carbocycles. The number of ether oxygens (including phenoxy) is 1. The van der Waals surface area contributed by atoms with Crippen molar-refractivity contribution in [1.29, 1.82) is 0 Å². The number of rotatable bonds is 25. The minimum absolute atomic E-state index is 0.00809. The molecule has 1 aromatic rings. The fourth-order valence-corrected chi connectivity index (χ4v) is 5.28. The van der Waals surface area contributed by atoms with Gasteiger partial charge in [-0.25, -0.2) is 4.57 Å². The van der Waals surface area contributed by atoms with Crippen molar-refractivity contribution in [3.8, 4) is 5.75 Å². The van der Waals surface area contributed by atoms with E-state index < -0.39 is 7.82 Å². The molecule has 0 radical (unpaired) electrons. The summed E-state index contributed by atoms with van der Waals surface area (Å²) in [7, 11) is 2.01. The first kappa shape index (κ1) is 35.8. The number of hydrogen-bond donors (Lipinski definition) is 1. The number of ketones is 1. The van der Waals surface area contributed by atoms with Crippen molar-refractivity contribution in [1.82, 2.24) is 0 Å². The topological polar surface area (TPSA) is 82.1 Å². The molecular formula is C31H57NO6P+. The zero-order valence-corrected chi connectivity index (χ0v) is 26.4. The summed E-state index contributed by atoms with van der Waals surface area (Å²) in [6.45, 7) is 5.78. The second-order valence-corrected chi connectivity index (χ2v) is 13.3. The van der Waals surface area contributed by atoms with Gasteiger partial charge in [-0.2, -0.15) is 0 Å². The van der Waals surface area contributed by atoms with E-state index >= 15 is 0 Å². The minimum atomic E-state index is -4.16. The first-order valence-corrected chi connectivity index (χ1v) is 16.7. The van der Waals surface area contributed by atoms with E-state index in [1.54, 1.807) is 0 Å². The van der Waals surface area contributed by atoms with Gasteiger partial charge in [0.05, 0.1) is 47.5 Å². The molecule has 1 N–H and O–H groups in total. The van der Waals surface area contributed by atoms with Crippen molar-refractivity contribution >= 4 is 13.6 Å². The molecule has 39 heavy (non-hydrogen) atoms. The Morgan fingerprint density at radius 2 is 1.44 bits per heavy atom. The number of quaternary nitrogens is 1. The predicted octanol–water partition coefficient (Wildman–Crippen LogP) is 7.74. The molecule has 0 heterocycles. The first-order valence-electron chi connectivity index (χ1n) is 15.2. The van der Waals surface area contributed by atoms with Gasteiger partial charge in [-0.05, 0) is 36.5 Å². The average molecular weight is 571 g/mol. The maximum atomic E-state index is 12.3. The number of phosphoric ester groups is 1. The standard InChI is InChI=1S/C31H56NO6P/c1-6-8-9-10-11-12-13-14-15-16-23-36-31-20-18-28(19-21-31)25-29(26-30(33)7-2)27-38-39(34,35)37-24-17-22-32(3,4)5/h18-21,29H,6-17,22-27H2,1-5H3/p+1. The molecule has 7 nitrogen and oxygen atoms in total. The Kier molecular flexibility index (Phi) is 18.9. The third-order valence-electron chi connectivity index (χ3n) is 6.83. The van der Waals surface area contributed by atoms with Gasteiger partial charge in [-0.3, -0.25) is 13.8 Å². The summed E-state index contributed by atoms with van der Waals surface area (Å²) in [6.07, 6.45) is 15.0. The maximum absolute atomic E-state index is 12.3. The van der Waals surface area contributed by atoms with Gasteiger partial charge in [0, 0.05) is 19.3 Å². The van der Waals surface area contributed by atoms with Gasteiger partial charge >= 0.3 is 7.82 Å². The van der Waals surface area contributed by atoms with Gasteiger partial charge < -0.3 is 14.1 Å². The second kappa shape index (κ2) is 20.6. The normalized spacial score (nSPS) is 14.2. The summed E-state index contributed by atoms with van der Waals surface area (Å²) < 4.78 is 29.5. The molecule has 0 saturated carbocycles. The van der Waals surface area contributed by atoms with E-state index in [1.807, 2.05) is 31.2 Å². The highest BCUT2D eigenvalue weighted by atomic mass is 31.2. The van der Waals surface area contributed by atoms with Gasteiger partial charge in [-0.1, -0.05) is 83.8 Å². The third kappa shape index (κ3) is 20.3. The number of carbonyl (C=O) groups is 1. The minimum Gasteiger partial charge on any atom is -0.494 e. The lowest BCUT2D eigenvalue weighted by molar-refractivity contribution is -0.870. The first-order chi connectivity index (χ1) is 18.5. The number of carbonyl (C=O) groups excluding carboxylic acids is 1. The average Bonchev–Trinajstić information content (AvgIpc) is 2.89. The molecule has 226 valence electrons. The molecule has 0 aliphatic rings. The third-order valence-corrected chi connectivity index (χ3v) is 7.81. The van der Waals surface area contributed by atoms with E-state index in [0.29, 0.717) is 25.7 Å². The summed E-state index contributed by atoms with van der Waals surface area (Å²) in [5.74, 6) is 0.747. The Labute approximate surface area is 238 Å². The molecule has 0 bridgehead atoms. The summed E-state index contributed by atoms with van der Waals surface area (Å²) in [6, 6.07) is 7.91. The van der Waals surface area contributed by atoms with Crippen LogP contribution in [0.5, 0.6) is 5.75 Å². The van der Waals surface area contributed by atoms with Crippen LogP contribution in [0.15, 0.2) is 24.3 Å². The highest BCUT2D eigenvalue weighted by Crippen LogP contribution is 2.44. The number of nitrogens with zero attached hydrogens (tertiary/aromatic N) is 1. The fourth-order valence-electron chi connectivity index (χ4n) is 4.45. The summed E-state index contributed by atoms with van der Waals surface area (Å²) in [4.78, 5) is 22.2. The number of unbranched alkanes of at least 4 members (excludes halogenated alkanes) is 9. The van der Waals surface area contributed by atoms with Crippen LogP contribution in [0.1, 0.15) is 103 Å². The Balaban J connectivity index is 2.39. The second-order valence-electron chi connectivity index (χ2n) is 11.8. The van der Waals surface area contributed by atoms with Crippen LogP contribution in [0.2, 0.25) is 0 Å². The van der Waals surface area contributed by atoms with Crippen LogP contribution in [-0.4, -0.2) is 62.7 Å². The Morgan fingerprint density at radius 3 is 2.00 bits per heavy atom. The monoisotopic (exact) mass is 570 g/mol. The number of phosphoric acid groups is 1. The maximum Gasteiger partial charge on any atom is 0.472 e. The summed E-state index contributed by atoms with van der Waals surface area (Å²) in [5, 5.41) is 0. The lowest BCUT2D eigenvalue weighted by Gasteiger charge is -2.24. The highest BCUT2D eigenvalue weighted by molar-refractivity contribution is 7.47. The molecule has 0 aromatic heterocycles. The van der Waals surface area contributed by atoms with Gasteiger partial charge in [0.15, 0.2) is 0 Å². The van der Waals surface area contributed by atoms with Crippen molar-refractivity contribution in [3.63, 3.8) is 0 Å². The van der Waals surface area contributed by atoms with Gasteiger partial charge in [0.2, 0.25) is 0 Å². The van der Waals surface area contributed by atoms with Crippen LogP contribution in [0, 0.1) is 5.92 Å². The SMILES string of the molecule is CCCCCCCCCCCCOc1ccc(CC(COP(=O)(O)OCCC[N+](C)(C)C)CC(=O)CC)cc1. The van der Waals surface area contributed by atoms with E-state index in [9.17, 15) is 14.3 Å². The Bertz CT molecular complexity index is 808. The number of hydrogen-bond acceptors (Lipinski definition) is 5. The summed E-state index contributed by atoms with van der Waals surface area (Å²) >= 11 is 0. The van der Waals surface area contributed by atoms with Crippen LogP contribution in [0.4, 0.5) is 0 Å². The van der Waals surface area contributed by atoms with Crippen molar-refractivity contribution < 1.29 is 32.5 Å². The van der Waals surface area contributed by atoms with Crippen LogP contribution < -0.4 is 4.74 Å². The van der Waals surface area contributed by atoms with Gasteiger partial charge in [0.25, 0.3) is 0 Å². The van der Waals surface area contributed by atoms with Gasteiger partial charge in [0.1, 0.15) is 11.5 Å². The molecule has 2 atom stereocenters. The highest BCUT2D eigenvalue weighted by Gasteiger charge is 2.25. The molecule has 8 heteroatoms. The van der Waals surface area contributed by atoms with E-state index in [0.717, 1.165) is 35.4 Å². The van der Waals surface area contributed by atoms with E-state index in [-0.39, 0.29) is 24.9 Å². The smallest absolute Gasteiger partial charge is 0.472 e. The summed E-state index contributed by atoms with van der Waals surface area (Å²) in [5.41, 5.74) is 1.04. The van der Waals surface area contributed by atoms with Crippen LogP contribution in [0.25, 0.3) is 0 Å². The van der Waals surface area contributed by atoms with E-state index in [1.165, 1.54) is 57.8 Å². The number of Topliss-reactive ketones (excluding diaryl/α,β-unsaturated/α-hetero) is 1. The molecule has 0 aliphatic carbocycles. The van der Waals surface area contributed by atoms with Crippen molar-refractivity contribution in [2.45, 2.75) is 104 Å². The van der Waals surface area contributed by atoms with E-state index in [2.05, 4.69) is 28.1 Å². The largest absolute Gasteiger partial charge is 0.494 e. The molecule has 0 amide bonds. The number of benzene rings is 1. The molecule has 0 spiro atoms. The van der Waals surface area contributed by atoms with E-state index in [4.69, 9.17) is 13.8 Å². The van der Waals surface area contributed by atoms with Crippen molar-refractivity contribution in [3.05, 3.63) is 29.8 Å². The Hall–Kier alpha value is -1.24. The predicted molar refractivity (Wildman–Crippen MR) is 160 cm³/mol. The molecule has 0 aliphatic heterocycles. The molecule has 2 unspecified atom stereocenters. The fraction of sp³-hybridized carbons (Fsp3) is 0.774. The van der Waals surface area contributed by atoms with Crippen molar-refractivity contribution in [2.24, 2.45) is 5.92 Å². The lowest BCUT2D eigenvalue weighted by atomic mass is 9.94. The van der Waals surface area contributed by atoms with Crippen LogP contribution in [-0.2, 0) is 24.8 Å². The molecule has 0 fully saturated rings. The van der Waals surface area contributed by atoms with Crippen LogP contribution in [0.3, 0.4) is 0 Å². The van der Waals surface area contributed by atoms with Crippen LogP contribution >= 0.6 is 7.82 Å². The Morgan fingerprint density at radius 1 is 0.846 bits per heavy atom. The quantitative estimate of drug-likeness (QED) is 0.0735. The van der Waals surface area contributed by atoms with Gasteiger partial charge in [-0.15, -0.1) is 0 Å². The van der Waals surface area contributed by atoms with Crippen molar-refractivity contribution in [2.75, 3.05) is 47.5 Å². The zero-order chi connectivity index (χ0) is 29.0. The molecule has 0 saturated heterocycles. The lowest BCUT2D eigenvalue weighted by Crippen LogP contribution is -2.35.